The highest BCUT2D eigenvalue weighted by Crippen LogP contribution is 2.11. The number of amides is 2. The summed E-state index contributed by atoms with van der Waals surface area (Å²) >= 11 is 0. The van der Waals surface area contributed by atoms with Crippen molar-refractivity contribution in [3.8, 4) is 0 Å². The number of benzene rings is 1. The number of ether oxygens (including phenoxy) is 1. The van der Waals surface area contributed by atoms with E-state index in [-0.39, 0.29) is 30.2 Å². The topological polar surface area (TPSA) is 67.4 Å². The van der Waals surface area contributed by atoms with Crippen LogP contribution >= 0.6 is 0 Å². The maximum Gasteiger partial charge on any atom is 0.407 e. The van der Waals surface area contributed by atoms with Gasteiger partial charge in [-0.25, -0.2) is 9.18 Å². The Bertz CT molecular complexity index is 474. The summed E-state index contributed by atoms with van der Waals surface area (Å²) in [6.45, 7) is 3.84. The second kappa shape index (κ2) is 8.24. The Hall–Kier alpha value is -2.11. The van der Waals surface area contributed by atoms with E-state index in [1.54, 1.807) is 12.1 Å². The van der Waals surface area contributed by atoms with E-state index >= 15 is 0 Å². The number of hydrogen-bond acceptors (Lipinski definition) is 3. The van der Waals surface area contributed by atoms with Crippen LogP contribution in [0.4, 0.5) is 9.18 Å². The monoisotopic (exact) mass is 296 g/mol. The first-order chi connectivity index (χ1) is 9.92. The summed E-state index contributed by atoms with van der Waals surface area (Å²) in [7, 11) is 1.23. The van der Waals surface area contributed by atoms with Gasteiger partial charge in [0.1, 0.15) is 12.4 Å². The van der Waals surface area contributed by atoms with Crippen LogP contribution in [-0.2, 0) is 16.0 Å². The Morgan fingerprint density at radius 2 is 1.86 bits per heavy atom. The van der Waals surface area contributed by atoms with Crippen LogP contribution in [0.1, 0.15) is 19.4 Å². The zero-order chi connectivity index (χ0) is 15.8. The molecular formula is C15H21FN2O3. The van der Waals surface area contributed by atoms with Gasteiger partial charge >= 0.3 is 6.09 Å². The standard InChI is InChI=1S/C15H21FN2O3/c1-10(2)13(8-11-4-6-12(16)7-5-11)18-14(19)9-17-15(20)21-3/h4-7,10,13H,8-9H2,1-3H3,(H,17,20)(H,18,19)/t13-/m1/s1. The number of hydrogen-bond donors (Lipinski definition) is 2. The number of rotatable bonds is 6. The first-order valence-electron chi connectivity index (χ1n) is 6.78. The third-order valence-electron chi connectivity index (χ3n) is 3.10. The van der Waals surface area contributed by atoms with E-state index in [9.17, 15) is 14.0 Å². The Morgan fingerprint density at radius 3 is 2.38 bits per heavy atom. The minimum atomic E-state index is -0.648. The van der Waals surface area contributed by atoms with Gasteiger partial charge in [0, 0.05) is 6.04 Å². The molecular weight excluding hydrogens is 275 g/mol. The summed E-state index contributed by atoms with van der Waals surface area (Å²) in [5, 5.41) is 5.18. The minimum absolute atomic E-state index is 0.0950. The van der Waals surface area contributed by atoms with Gasteiger partial charge in [-0.3, -0.25) is 4.79 Å². The van der Waals surface area contributed by atoms with Crippen LogP contribution in [0, 0.1) is 11.7 Å². The van der Waals surface area contributed by atoms with Crippen molar-refractivity contribution in [1.82, 2.24) is 10.6 Å². The molecule has 6 heteroatoms. The average molecular weight is 296 g/mol. The summed E-state index contributed by atoms with van der Waals surface area (Å²) in [6, 6.07) is 6.09. The van der Waals surface area contributed by atoms with Gasteiger partial charge in [-0.15, -0.1) is 0 Å². The lowest BCUT2D eigenvalue weighted by Gasteiger charge is -2.22. The fraction of sp³-hybridized carbons (Fsp3) is 0.467. The lowest BCUT2D eigenvalue weighted by molar-refractivity contribution is -0.121. The molecule has 1 aromatic carbocycles. The fourth-order valence-corrected chi connectivity index (χ4v) is 1.81. The molecule has 0 aliphatic carbocycles. The lowest BCUT2D eigenvalue weighted by atomic mass is 9.96. The smallest absolute Gasteiger partial charge is 0.407 e. The molecule has 0 saturated carbocycles. The Labute approximate surface area is 123 Å². The third kappa shape index (κ3) is 6.25. The minimum Gasteiger partial charge on any atom is -0.453 e. The molecule has 1 aromatic rings. The molecule has 0 spiro atoms. The van der Waals surface area contributed by atoms with Gasteiger partial charge in [-0.2, -0.15) is 0 Å². The molecule has 0 aliphatic rings. The predicted molar refractivity (Wildman–Crippen MR) is 77.3 cm³/mol. The van der Waals surface area contributed by atoms with Crippen molar-refractivity contribution in [3.05, 3.63) is 35.6 Å². The molecule has 0 heterocycles. The van der Waals surface area contributed by atoms with Crippen LogP contribution in [0.15, 0.2) is 24.3 Å². The van der Waals surface area contributed by atoms with Crippen molar-refractivity contribution in [2.75, 3.05) is 13.7 Å². The van der Waals surface area contributed by atoms with Gasteiger partial charge in [-0.05, 0) is 30.0 Å². The molecule has 21 heavy (non-hydrogen) atoms. The van der Waals surface area contributed by atoms with Gasteiger partial charge in [0.05, 0.1) is 7.11 Å². The second-order valence-corrected chi connectivity index (χ2v) is 5.09. The molecule has 0 aliphatic heterocycles. The van der Waals surface area contributed by atoms with E-state index in [4.69, 9.17) is 0 Å². The third-order valence-corrected chi connectivity index (χ3v) is 3.10. The van der Waals surface area contributed by atoms with E-state index in [1.807, 2.05) is 13.8 Å². The Balaban J connectivity index is 2.55. The van der Waals surface area contributed by atoms with E-state index < -0.39 is 6.09 Å². The van der Waals surface area contributed by atoms with Crippen LogP contribution in [0.2, 0.25) is 0 Å². The van der Waals surface area contributed by atoms with Crippen molar-refractivity contribution in [3.63, 3.8) is 0 Å². The van der Waals surface area contributed by atoms with Crippen LogP contribution in [0.25, 0.3) is 0 Å². The highest BCUT2D eigenvalue weighted by molar-refractivity contribution is 5.82. The predicted octanol–water partition coefficient (Wildman–Crippen LogP) is 1.87. The molecule has 0 radical (unpaired) electrons. The maximum absolute atomic E-state index is 12.9. The van der Waals surface area contributed by atoms with Crippen molar-refractivity contribution < 1.29 is 18.7 Å². The van der Waals surface area contributed by atoms with Crippen LogP contribution in [-0.4, -0.2) is 31.7 Å². The molecule has 0 aromatic heterocycles. The Morgan fingerprint density at radius 1 is 1.24 bits per heavy atom. The zero-order valence-corrected chi connectivity index (χ0v) is 12.5. The first-order valence-corrected chi connectivity index (χ1v) is 6.78. The van der Waals surface area contributed by atoms with E-state index in [0.29, 0.717) is 6.42 Å². The quantitative estimate of drug-likeness (QED) is 0.842. The zero-order valence-electron chi connectivity index (χ0n) is 12.5. The fourth-order valence-electron chi connectivity index (χ4n) is 1.81. The molecule has 0 bridgehead atoms. The Kier molecular flexibility index (Phi) is 6.65. The van der Waals surface area contributed by atoms with Gasteiger partial charge in [-0.1, -0.05) is 26.0 Å². The van der Waals surface area contributed by atoms with Crippen LogP contribution < -0.4 is 10.6 Å². The highest BCUT2D eigenvalue weighted by Gasteiger charge is 2.17. The van der Waals surface area contributed by atoms with Gasteiger partial charge in [0.25, 0.3) is 0 Å². The van der Waals surface area contributed by atoms with Crippen LogP contribution in [0.5, 0.6) is 0 Å². The van der Waals surface area contributed by atoms with Crippen molar-refractivity contribution in [2.24, 2.45) is 5.92 Å². The first kappa shape index (κ1) is 16.9. The summed E-state index contributed by atoms with van der Waals surface area (Å²) in [4.78, 5) is 22.7. The number of nitrogens with one attached hydrogen (secondary N) is 2. The van der Waals surface area contributed by atoms with Gasteiger partial charge in [0.2, 0.25) is 5.91 Å². The molecule has 116 valence electrons. The normalized spacial score (nSPS) is 11.9. The van der Waals surface area contributed by atoms with E-state index in [0.717, 1.165) is 5.56 Å². The largest absolute Gasteiger partial charge is 0.453 e. The number of carbonyl (C=O) groups is 2. The second-order valence-electron chi connectivity index (χ2n) is 5.09. The number of alkyl carbamates (subject to hydrolysis) is 1. The van der Waals surface area contributed by atoms with Gasteiger partial charge < -0.3 is 15.4 Å². The lowest BCUT2D eigenvalue weighted by Crippen LogP contribution is -2.45. The molecule has 0 saturated heterocycles. The van der Waals surface area contributed by atoms with E-state index in [1.165, 1.54) is 19.2 Å². The average Bonchev–Trinajstić information content (AvgIpc) is 2.46. The van der Waals surface area contributed by atoms with Crippen molar-refractivity contribution in [2.45, 2.75) is 26.3 Å². The molecule has 0 fully saturated rings. The number of methoxy groups -OCH3 is 1. The van der Waals surface area contributed by atoms with Crippen LogP contribution in [0.3, 0.4) is 0 Å². The van der Waals surface area contributed by atoms with Crippen molar-refractivity contribution >= 4 is 12.0 Å². The molecule has 1 rings (SSSR count). The van der Waals surface area contributed by atoms with E-state index in [2.05, 4.69) is 15.4 Å². The highest BCUT2D eigenvalue weighted by atomic mass is 19.1. The molecule has 1 atom stereocenters. The summed E-state index contributed by atoms with van der Waals surface area (Å²) in [5.41, 5.74) is 0.941. The summed E-state index contributed by atoms with van der Waals surface area (Å²) < 4.78 is 17.3. The SMILES string of the molecule is COC(=O)NCC(=O)N[C@H](Cc1ccc(F)cc1)C(C)C. The maximum atomic E-state index is 12.9. The molecule has 2 N–H and O–H groups in total. The summed E-state index contributed by atoms with van der Waals surface area (Å²) in [6.07, 6.45) is -0.0492. The molecule has 0 unspecified atom stereocenters. The summed E-state index contributed by atoms with van der Waals surface area (Å²) in [5.74, 6) is -0.371. The number of carbonyl (C=O) groups excluding carboxylic acids is 2. The molecule has 2 amide bonds. The van der Waals surface area contributed by atoms with Crippen molar-refractivity contribution in [1.29, 1.82) is 0 Å². The number of halogens is 1. The van der Waals surface area contributed by atoms with Gasteiger partial charge in [0.15, 0.2) is 0 Å². The molecule has 5 nitrogen and oxygen atoms in total.